The fourth-order valence-electron chi connectivity index (χ4n) is 1.34. The summed E-state index contributed by atoms with van der Waals surface area (Å²) in [6.07, 6.45) is 1.59. The molecule has 0 amide bonds. The highest BCUT2D eigenvalue weighted by atomic mass is 32.2. The molecule has 94 valence electrons. The van der Waals surface area contributed by atoms with Gasteiger partial charge < -0.3 is 4.74 Å². The molecular weight excluding hydrogens is 240 g/mol. The Bertz CT molecular complexity index is 491. The van der Waals surface area contributed by atoms with Gasteiger partial charge in [0.25, 0.3) is 10.1 Å². The smallest absolute Gasteiger partial charge is 0.298 e. The van der Waals surface area contributed by atoms with Crippen molar-refractivity contribution in [1.29, 1.82) is 0 Å². The van der Waals surface area contributed by atoms with E-state index in [0.29, 0.717) is 6.61 Å². The van der Waals surface area contributed by atoms with Gasteiger partial charge in [-0.25, -0.2) is 0 Å². The van der Waals surface area contributed by atoms with Crippen molar-refractivity contribution >= 4 is 10.1 Å². The Kier molecular flexibility index (Phi) is 4.72. The van der Waals surface area contributed by atoms with E-state index >= 15 is 0 Å². The summed E-state index contributed by atoms with van der Waals surface area (Å²) in [7, 11) is -4.23. The molecule has 1 aromatic carbocycles. The molecule has 17 heavy (non-hydrogen) atoms. The molecule has 0 aliphatic heterocycles. The highest BCUT2D eigenvalue weighted by Crippen LogP contribution is 2.23. The molecular formula is C12H16O4S. The highest BCUT2D eigenvalue weighted by molar-refractivity contribution is 7.86. The van der Waals surface area contributed by atoms with E-state index < -0.39 is 10.1 Å². The minimum Gasteiger partial charge on any atom is -0.492 e. The first-order valence-electron chi connectivity index (χ1n) is 5.25. The lowest BCUT2D eigenvalue weighted by Crippen LogP contribution is -2.04. The normalized spacial score (nSPS) is 11.2. The Morgan fingerprint density at radius 3 is 2.65 bits per heavy atom. The van der Waals surface area contributed by atoms with E-state index in [0.717, 1.165) is 18.4 Å². The number of benzene rings is 1. The molecule has 0 aliphatic carbocycles. The molecule has 1 aromatic rings. The lowest BCUT2D eigenvalue weighted by atomic mass is 10.2. The topological polar surface area (TPSA) is 63.6 Å². The zero-order chi connectivity index (χ0) is 12.9. The van der Waals surface area contributed by atoms with E-state index in [4.69, 9.17) is 9.29 Å². The third kappa shape index (κ3) is 4.58. The predicted molar refractivity (Wildman–Crippen MR) is 65.8 cm³/mol. The lowest BCUT2D eigenvalue weighted by Gasteiger charge is -2.09. The summed E-state index contributed by atoms with van der Waals surface area (Å²) in [5, 5.41) is 0. The van der Waals surface area contributed by atoms with E-state index in [-0.39, 0.29) is 10.6 Å². The van der Waals surface area contributed by atoms with Crippen molar-refractivity contribution in [2.75, 3.05) is 6.61 Å². The number of hydrogen-bond donors (Lipinski definition) is 1. The summed E-state index contributed by atoms with van der Waals surface area (Å²) in [4.78, 5) is -0.199. The molecule has 0 saturated heterocycles. The van der Waals surface area contributed by atoms with Crippen LogP contribution in [0.25, 0.3) is 0 Å². The molecule has 0 unspecified atom stereocenters. The average molecular weight is 256 g/mol. The van der Waals surface area contributed by atoms with Crippen LogP contribution in [-0.4, -0.2) is 19.6 Å². The molecule has 0 aliphatic rings. The first-order chi connectivity index (χ1) is 7.91. The number of rotatable bonds is 6. The van der Waals surface area contributed by atoms with Gasteiger partial charge in [0.15, 0.2) is 0 Å². The second kappa shape index (κ2) is 5.84. The molecule has 0 heterocycles. The number of para-hydroxylation sites is 1. The number of allylic oxidation sites excluding steroid dienone is 1. The first-order valence-corrected chi connectivity index (χ1v) is 6.69. The van der Waals surface area contributed by atoms with Crippen LogP contribution in [0.15, 0.2) is 41.3 Å². The quantitative estimate of drug-likeness (QED) is 0.483. The predicted octanol–water partition coefficient (Wildman–Crippen LogP) is 2.67. The van der Waals surface area contributed by atoms with Crippen molar-refractivity contribution < 1.29 is 17.7 Å². The number of ether oxygens (including phenoxy) is 1. The Labute approximate surface area is 102 Å². The van der Waals surface area contributed by atoms with Crippen LogP contribution in [0, 0.1) is 0 Å². The van der Waals surface area contributed by atoms with E-state index in [1.807, 2.05) is 6.92 Å². The van der Waals surface area contributed by atoms with Crippen molar-refractivity contribution in [3.8, 4) is 5.75 Å². The standard InChI is InChI=1S/C12H16O4S/c1-10(2)6-5-9-16-11-7-3-4-8-12(11)17(13,14)15/h3-4,7-8H,1,5-6,9H2,2H3,(H,13,14,15). The van der Waals surface area contributed by atoms with Crippen LogP contribution in [0.1, 0.15) is 19.8 Å². The van der Waals surface area contributed by atoms with E-state index in [9.17, 15) is 8.42 Å². The van der Waals surface area contributed by atoms with Gasteiger partial charge in [-0.15, -0.1) is 6.58 Å². The van der Waals surface area contributed by atoms with Crippen LogP contribution in [0.2, 0.25) is 0 Å². The van der Waals surface area contributed by atoms with Gasteiger partial charge in [-0.05, 0) is 31.9 Å². The Hall–Kier alpha value is -1.33. The van der Waals surface area contributed by atoms with Gasteiger partial charge in [-0.3, -0.25) is 4.55 Å². The summed E-state index contributed by atoms with van der Waals surface area (Å²) in [5.41, 5.74) is 1.05. The molecule has 1 rings (SSSR count). The largest absolute Gasteiger partial charge is 0.492 e. The molecule has 0 spiro atoms. The van der Waals surface area contributed by atoms with Crippen LogP contribution >= 0.6 is 0 Å². The number of hydrogen-bond acceptors (Lipinski definition) is 3. The summed E-state index contributed by atoms with van der Waals surface area (Å²) in [6.45, 7) is 6.08. The SMILES string of the molecule is C=C(C)CCCOc1ccccc1S(=O)(=O)O. The summed E-state index contributed by atoms with van der Waals surface area (Å²) in [6, 6.07) is 6.01. The highest BCUT2D eigenvalue weighted by Gasteiger charge is 2.15. The van der Waals surface area contributed by atoms with Gasteiger partial charge in [0.1, 0.15) is 10.6 Å². The zero-order valence-electron chi connectivity index (χ0n) is 9.72. The molecule has 0 aromatic heterocycles. The third-order valence-electron chi connectivity index (χ3n) is 2.13. The summed E-state index contributed by atoms with van der Waals surface area (Å²) < 4.78 is 36.4. The fourth-order valence-corrected chi connectivity index (χ4v) is 1.97. The first kappa shape index (κ1) is 13.7. The van der Waals surface area contributed by atoms with Crippen molar-refractivity contribution in [3.05, 3.63) is 36.4 Å². The van der Waals surface area contributed by atoms with Crippen LogP contribution in [0.5, 0.6) is 5.75 Å². The molecule has 5 heteroatoms. The van der Waals surface area contributed by atoms with Crippen molar-refractivity contribution in [2.45, 2.75) is 24.7 Å². The Balaban J connectivity index is 2.68. The molecule has 0 bridgehead atoms. The van der Waals surface area contributed by atoms with Gasteiger partial charge in [-0.2, -0.15) is 8.42 Å². The zero-order valence-corrected chi connectivity index (χ0v) is 10.5. The third-order valence-corrected chi connectivity index (χ3v) is 3.03. The van der Waals surface area contributed by atoms with Crippen LogP contribution in [-0.2, 0) is 10.1 Å². The van der Waals surface area contributed by atoms with Crippen LogP contribution in [0.3, 0.4) is 0 Å². The average Bonchev–Trinajstić information content (AvgIpc) is 2.23. The molecule has 0 saturated carbocycles. The van der Waals surface area contributed by atoms with Gasteiger partial charge in [0.2, 0.25) is 0 Å². The van der Waals surface area contributed by atoms with Gasteiger partial charge in [-0.1, -0.05) is 17.7 Å². The maximum Gasteiger partial charge on any atom is 0.298 e. The van der Waals surface area contributed by atoms with Crippen LogP contribution in [0.4, 0.5) is 0 Å². The molecule has 1 N–H and O–H groups in total. The van der Waals surface area contributed by atoms with Crippen molar-refractivity contribution in [3.63, 3.8) is 0 Å². The Morgan fingerprint density at radius 2 is 2.06 bits per heavy atom. The molecule has 4 nitrogen and oxygen atoms in total. The van der Waals surface area contributed by atoms with E-state index in [1.165, 1.54) is 18.2 Å². The lowest BCUT2D eigenvalue weighted by molar-refractivity contribution is 0.302. The molecule has 0 atom stereocenters. The Morgan fingerprint density at radius 1 is 1.41 bits per heavy atom. The summed E-state index contributed by atoms with van der Waals surface area (Å²) >= 11 is 0. The van der Waals surface area contributed by atoms with Crippen molar-refractivity contribution in [2.24, 2.45) is 0 Å². The fraction of sp³-hybridized carbons (Fsp3) is 0.333. The summed E-state index contributed by atoms with van der Waals surface area (Å²) in [5.74, 6) is 0.178. The maximum atomic E-state index is 11.1. The van der Waals surface area contributed by atoms with E-state index in [1.54, 1.807) is 6.07 Å². The van der Waals surface area contributed by atoms with Gasteiger partial charge >= 0.3 is 0 Å². The molecule has 0 fully saturated rings. The van der Waals surface area contributed by atoms with Crippen molar-refractivity contribution in [1.82, 2.24) is 0 Å². The van der Waals surface area contributed by atoms with Crippen LogP contribution < -0.4 is 4.74 Å². The minimum atomic E-state index is -4.23. The van der Waals surface area contributed by atoms with Gasteiger partial charge in [0.05, 0.1) is 6.61 Å². The minimum absolute atomic E-state index is 0.178. The molecule has 0 radical (unpaired) electrons. The van der Waals surface area contributed by atoms with E-state index in [2.05, 4.69) is 6.58 Å². The second-order valence-electron chi connectivity index (χ2n) is 3.83. The second-order valence-corrected chi connectivity index (χ2v) is 5.22. The monoisotopic (exact) mass is 256 g/mol. The van der Waals surface area contributed by atoms with Gasteiger partial charge in [0, 0.05) is 0 Å². The maximum absolute atomic E-state index is 11.1.